The predicted molar refractivity (Wildman–Crippen MR) is 116 cm³/mol. The molecule has 3 aromatic heterocycles. The Morgan fingerprint density at radius 2 is 1.85 bits per heavy atom. The summed E-state index contributed by atoms with van der Waals surface area (Å²) in [6.07, 6.45) is 1.20. The zero-order chi connectivity index (χ0) is 23.6. The van der Waals surface area contributed by atoms with Crippen molar-refractivity contribution >= 4 is 23.2 Å². The molecule has 10 heteroatoms. The maximum Gasteiger partial charge on any atom is 0.434 e. The first-order valence-corrected chi connectivity index (χ1v) is 10.8. The predicted octanol–water partition coefficient (Wildman–Crippen LogP) is 4.03. The maximum absolute atomic E-state index is 13.0. The van der Waals surface area contributed by atoms with E-state index < -0.39 is 11.9 Å². The van der Waals surface area contributed by atoms with Crippen molar-refractivity contribution in [2.45, 2.75) is 57.3 Å². The summed E-state index contributed by atoms with van der Waals surface area (Å²) in [6.45, 7) is 1.48. The number of Topliss-reactive ketones (excluding diaryl/α,β-unsaturated/α-hetero) is 1. The van der Waals surface area contributed by atoms with Crippen LogP contribution >= 0.6 is 0 Å². The molecule has 3 aromatic rings. The van der Waals surface area contributed by atoms with Crippen LogP contribution in [0, 0.1) is 0 Å². The number of fused-ring (bicyclic) bond motifs is 1. The number of imidazole rings is 1. The first-order valence-electron chi connectivity index (χ1n) is 10.8. The van der Waals surface area contributed by atoms with Crippen molar-refractivity contribution in [3.8, 4) is 0 Å². The summed E-state index contributed by atoms with van der Waals surface area (Å²) >= 11 is 0. The number of nitrogens with one attached hydrogen (secondary N) is 2. The first kappa shape index (κ1) is 22.8. The Balaban J connectivity index is 1.35. The highest BCUT2D eigenvalue weighted by Gasteiger charge is 2.34. The number of ketones is 1. The maximum atomic E-state index is 13.0. The van der Waals surface area contributed by atoms with Crippen LogP contribution in [0.25, 0.3) is 5.65 Å². The zero-order valence-electron chi connectivity index (χ0n) is 18.0. The largest absolute Gasteiger partial charge is 0.434 e. The molecule has 33 heavy (non-hydrogen) atoms. The van der Waals surface area contributed by atoms with Gasteiger partial charge in [0.15, 0.2) is 5.69 Å². The lowest BCUT2D eigenvalue weighted by Crippen LogP contribution is -2.40. The Morgan fingerprint density at radius 1 is 1.12 bits per heavy atom. The van der Waals surface area contributed by atoms with Crippen molar-refractivity contribution < 1.29 is 22.8 Å². The van der Waals surface area contributed by atoms with Crippen molar-refractivity contribution in [2.24, 2.45) is 0 Å². The standard InChI is InChI=1S/C23H24F3N5O2/c1-14(32)11-18-12-15(9-10-27-18)22(33)29-17-7-5-16(6-8-17)28-20-3-2-4-21-30-19(13-31(20)21)23(24,25)26/h2-4,9-10,12-13,16-17,28H,5-8,11H2,1H3,(H,29,33). The summed E-state index contributed by atoms with van der Waals surface area (Å²) in [5, 5.41) is 6.35. The molecule has 0 saturated heterocycles. The molecular weight excluding hydrogens is 435 g/mol. The molecule has 0 bridgehead atoms. The number of halogens is 3. The van der Waals surface area contributed by atoms with Crippen LogP contribution in [-0.2, 0) is 17.4 Å². The molecule has 1 fully saturated rings. The second-order valence-electron chi connectivity index (χ2n) is 8.34. The number of amides is 1. The molecular formula is C23H24F3N5O2. The highest BCUT2D eigenvalue weighted by Crippen LogP contribution is 2.30. The smallest absolute Gasteiger partial charge is 0.368 e. The molecule has 0 unspecified atom stereocenters. The topological polar surface area (TPSA) is 88.4 Å². The Bertz CT molecular complexity index is 1170. The highest BCUT2D eigenvalue weighted by atomic mass is 19.4. The highest BCUT2D eigenvalue weighted by molar-refractivity contribution is 5.94. The molecule has 0 aliphatic heterocycles. The summed E-state index contributed by atoms with van der Waals surface area (Å²) in [5.41, 5.74) is 0.333. The van der Waals surface area contributed by atoms with Crippen molar-refractivity contribution in [3.05, 3.63) is 59.7 Å². The summed E-state index contributed by atoms with van der Waals surface area (Å²) in [6, 6.07) is 8.26. The molecule has 0 atom stereocenters. The van der Waals surface area contributed by atoms with E-state index in [9.17, 15) is 22.8 Å². The van der Waals surface area contributed by atoms with Gasteiger partial charge in [-0.25, -0.2) is 4.98 Å². The van der Waals surface area contributed by atoms with Crippen molar-refractivity contribution in [3.63, 3.8) is 0 Å². The van der Waals surface area contributed by atoms with Gasteiger partial charge in [0.1, 0.15) is 17.2 Å². The monoisotopic (exact) mass is 459 g/mol. The SMILES string of the molecule is CC(=O)Cc1cc(C(=O)NC2CCC(Nc3cccc4nc(C(F)(F)F)cn34)CC2)ccn1. The number of carbonyl (C=O) groups excluding carboxylic acids is 2. The molecule has 2 N–H and O–H groups in total. The number of carbonyl (C=O) groups is 2. The molecule has 1 amide bonds. The fraction of sp³-hybridized carbons (Fsp3) is 0.391. The Morgan fingerprint density at radius 3 is 2.55 bits per heavy atom. The Kier molecular flexibility index (Phi) is 6.35. The summed E-state index contributed by atoms with van der Waals surface area (Å²) in [4.78, 5) is 31.7. The van der Waals surface area contributed by atoms with Crippen LogP contribution in [0.3, 0.4) is 0 Å². The lowest BCUT2D eigenvalue weighted by molar-refractivity contribution is -0.140. The van der Waals surface area contributed by atoms with Crippen LogP contribution in [0.2, 0.25) is 0 Å². The van der Waals surface area contributed by atoms with E-state index in [1.807, 2.05) is 0 Å². The van der Waals surface area contributed by atoms with Gasteiger partial charge < -0.3 is 10.6 Å². The number of pyridine rings is 2. The van der Waals surface area contributed by atoms with Gasteiger partial charge in [-0.1, -0.05) is 6.07 Å². The van der Waals surface area contributed by atoms with E-state index in [1.165, 1.54) is 23.6 Å². The van der Waals surface area contributed by atoms with E-state index in [4.69, 9.17) is 0 Å². The average molecular weight is 459 g/mol. The zero-order valence-corrected chi connectivity index (χ0v) is 18.0. The van der Waals surface area contributed by atoms with Gasteiger partial charge in [-0.05, 0) is 56.9 Å². The molecule has 1 saturated carbocycles. The fourth-order valence-corrected chi connectivity index (χ4v) is 4.10. The van der Waals surface area contributed by atoms with Crippen LogP contribution in [0.1, 0.15) is 54.4 Å². The lowest BCUT2D eigenvalue weighted by Gasteiger charge is -2.30. The van der Waals surface area contributed by atoms with Crippen LogP contribution < -0.4 is 10.6 Å². The second-order valence-corrected chi connectivity index (χ2v) is 8.34. The van der Waals surface area contributed by atoms with E-state index in [2.05, 4.69) is 20.6 Å². The third-order valence-corrected chi connectivity index (χ3v) is 5.71. The van der Waals surface area contributed by atoms with E-state index >= 15 is 0 Å². The summed E-state index contributed by atoms with van der Waals surface area (Å²) in [7, 11) is 0. The van der Waals surface area contributed by atoms with Crippen LogP contribution in [0.4, 0.5) is 19.0 Å². The lowest BCUT2D eigenvalue weighted by atomic mass is 9.91. The Hall–Kier alpha value is -3.43. The molecule has 1 aliphatic rings. The minimum absolute atomic E-state index is 0.000779. The first-order chi connectivity index (χ1) is 15.7. The van der Waals surface area contributed by atoms with Gasteiger partial charge in [0, 0.05) is 42.2 Å². The molecule has 0 radical (unpaired) electrons. The van der Waals surface area contributed by atoms with Crippen LogP contribution in [0.15, 0.2) is 42.7 Å². The number of anilines is 1. The molecule has 174 valence electrons. The van der Waals surface area contributed by atoms with Gasteiger partial charge in [-0.15, -0.1) is 0 Å². The minimum Gasteiger partial charge on any atom is -0.368 e. The number of nitrogens with zero attached hydrogens (tertiary/aromatic N) is 3. The molecule has 7 nitrogen and oxygen atoms in total. The fourth-order valence-electron chi connectivity index (χ4n) is 4.10. The molecule has 4 rings (SSSR count). The van der Waals surface area contributed by atoms with Gasteiger partial charge >= 0.3 is 6.18 Å². The van der Waals surface area contributed by atoms with Gasteiger partial charge in [0.2, 0.25) is 0 Å². The number of hydrogen-bond acceptors (Lipinski definition) is 5. The molecule has 0 spiro atoms. The van der Waals surface area contributed by atoms with Crippen molar-refractivity contribution in [1.82, 2.24) is 19.7 Å². The van der Waals surface area contributed by atoms with Crippen LogP contribution in [0.5, 0.6) is 0 Å². The van der Waals surface area contributed by atoms with E-state index in [-0.39, 0.29) is 35.8 Å². The van der Waals surface area contributed by atoms with E-state index in [1.54, 1.807) is 24.3 Å². The minimum atomic E-state index is -4.50. The summed E-state index contributed by atoms with van der Waals surface area (Å²) < 4.78 is 40.5. The van der Waals surface area contributed by atoms with E-state index in [0.717, 1.165) is 31.9 Å². The number of alkyl halides is 3. The second kappa shape index (κ2) is 9.21. The van der Waals surface area contributed by atoms with Crippen molar-refractivity contribution in [2.75, 3.05) is 5.32 Å². The normalized spacial score (nSPS) is 18.8. The third kappa shape index (κ3) is 5.50. The quantitative estimate of drug-likeness (QED) is 0.581. The number of aromatic nitrogens is 3. The molecule has 3 heterocycles. The van der Waals surface area contributed by atoms with Gasteiger partial charge in [-0.2, -0.15) is 13.2 Å². The molecule has 0 aromatic carbocycles. The third-order valence-electron chi connectivity index (χ3n) is 5.71. The number of rotatable bonds is 6. The van der Waals surface area contributed by atoms with Gasteiger partial charge in [-0.3, -0.25) is 19.0 Å². The Labute approximate surface area is 188 Å². The average Bonchev–Trinajstić information content (AvgIpc) is 3.21. The number of hydrogen-bond donors (Lipinski definition) is 2. The summed E-state index contributed by atoms with van der Waals surface area (Å²) in [5.74, 6) is 0.325. The molecule has 1 aliphatic carbocycles. The van der Waals surface area contributed by atoms with Crippen molar-refractivity contribution in [1.29, 1.82) is 0 Å². The van der Waals surface area contributed by atoms with E-state index in [0.29, 0.717) is 17.1 Å². The van der Waals surface area contributed by atoms with Gasteiger partial charge in [0.25, 0.3) is 5.91 Å². The van der Waals surface area contributed by atoms with Gasteiger partial charge in [0.05, 0.1) is 0 Å². The van der Waals surface area contributed by atoms with Crippen LogP contribution in [-0.4, -0.2) is 38.1 Å².